The summed E-state index contributed by atoms with van der Waals surface area (Å²) in [5.41, 5.74) is 2.92. The lowest BCUT2D eigenvalue weighted by Gasteiger charge is -2.38. The number of fused-ring (bicyclic) bond motifs is 2. The van der Waals surface area contributed by atoms with Crippen LogP contribution in [0.5, 0.6) is 17.2 Å². The number of nitrogens with one attached hydrogen (secondary N) is 1. The molecule has 176 valence electrons. The van der Waals surface area contributed by atoms with Crippen LogP contribution in [-0.2, 0) is 22.5 Å². The third kappa shape index (κ3) is 4.24. The Labute approximate surface area is 188 Å². The Kier molecular flexibility index (Phi) is 6.11. The molecular weight excluding hydrogens is 434 g/mol. The van der Waals surface area contributed by atoms with E-state index in [1.54, 1.807) is 12.1 Å². The van der Waals surface area contributed by atoms with E-state index in [-0.39, 0.29) is 6.79 Å². The molecule has 0 unspecified atom stereocenters. The van der Waals surface area contributed by atoms with Crippen LogP contribution in [0.1, 0.15) is 11.1 Å². The molecule has 0 aliphatic carbocycles. The fourth-order valence-corrected chi connectivity index (χ4v) is 4.14. The van der Waals surface area contributed by atoms with Crippen LogP contribution in [0.15, 0.2) is 42.6 Å². The zero-order valence-electron chi connectivity index (χ0n) is 17.6. The average molecular weight is 459 g/mol. The van der Waals surface area contributed by atoms with Crippen LogP contribution in [0.4, 0.5) is 0 Å². The van der Waals surface area contributed by atoms with Crippen molar-refractivity contribution < 1.29 is 44.4 Å². The highest BCUT2D eigenvalue weighted by atomic mass is 17.2. The monoisotopic (exact) mass is 459 g/mol. The van der Waals surface area contributed by atoms with E-state index in [2.05, 4.69) is 4.98 Å². The highest BCUT2D eigenvalue weighted by Crippen LogP contribution is 2.34. The molecule has 0 amide bonds. The third-order valence-corrected chi connectivity index (χ3v) is 5.96. The van der Waals surface area contributed by atoms with Gasteiger partial charge in [0.15, 0.2) is 29.6 Å². The number of H-pyrrole nitrogens is 1. The lowest BCUT2D eigenvalue weighted by atomic mass is 9.99. The van der Waals surface area contributed by atoms with Crippen molar-refractivity contribution >= 4 is 10.9 Å². The molecule has 5 rings (SSSR count). The molecule has 2 aromatic carbocycles. The van der Waals surface area contributed by atoms with E-state index in [0.29, 0.717) is 12.2 Å². The van der Waals surface area contributed by atoms with Gasteiger partial charge in [-0.1, -0.05) is 12.1 Å². The van der Waals surface area contributed by atoms with E-state index in [1.165, 1.54) is 0 Å². The lowest BCUT2D eigenvalue weighted by molar-refractivity contribution is -0.364. The summed E-state index contributed by atoms with van der Waals surface area (Å²) in [4.78, 5) is 14.0. The number of hydrogen-bond donors (Lipinski definition) is 5. The fourth-order valence-electron chi connectivity index (χ4n) is 4.14. The molecule has 0 radical (unpaired) electrons. The van der Waals surface area contributed by atoms with Crippen LogP contribution in [0.25, 0.3) is 10.9 Å². The number of aliphatic hydroxyl groups is 4. The summed E-state index contributed by atoms with van der Waals surface area (Å²) in [6, 6.07) is 11.2. The van der Waals surface area contributed by atoms with Gasteiger partial charge in [-0.3, -0.25) is 0 Å². The minimum absolute atomic E-state index is 0.231. The molecule has 2 aliphatic heterocycles. The van der Waals surface area contributed by atoms with Crippen LogP contribution in [0.2, 0.25) is 0 Å². The van der Waals surface area contributed by atoms with Crippen molar-refractivity contribution in [1.82, 2.24) is 4.98 Å². The predicted molar refractivity (Wildman–Crippen MR) is 114 cm³/mol. The van der Waals surface area contributed by atoms with Crippen LogP contribution in [0, 0.1) is 0 Å². The molecule has 5 atom stereocenters. The maximum Gasteiger partial charge on any atom is 0.231 e. The second-order valence-corrected chi connectivity index (χ2v) is 8.05. The minimum Gasteiger partial charge on any atom is -0.454 e. The second kappa shape index (κ2) is 9.18. The van der Waals surface area contributed by atoms with E-state index >= 15 is 0 Å². The van der Waals surface area contributed by atoms with Gasteiger partial charge in [0.25, 0.3) is 0 Å². The van der Waals surface area contributed by atoms with Crippen molar-refractivity contribution in [1.29, 1.82) is 0 Å². The van der Waals surface area contributed by atoms with Gasteiger partial charge in [0, 0.05) is 17.1 Å². The van der Waals surface area contributed by atoms with Gasteiger partial charge in [-0.25, -0.2) is 0 Å². The minimum atomic E-state index is -1.59. The molecule has 33 heavy (non-hydrogen) atoms. The van der Waals surface area contributed by atoms with Gasteiger partial charge >= 0.3 is 0 Å². The molecule has 10 nitrogen and oxygen atoms in total. The Morgan fingerprint density at radius 2 is 1.85 bits per heavy atom. The number of hydrogen-bond acceptors (Lipinski definition) is 9. The zero-order chi connectivity index (χ0) is 22.9. The van der Waals surface area contributed by atoms with Crippen LogP contribution in [-0.4, -0.2) is 69.5 Å². The molecular formula is C23H25NO9. The van der Waals surface area contributed by atoms with Gasteiger partial charge in [0.05, 0.1) is 6.61 Å². The van der Waals surface area contributed by atoms with Crippen molar-refractivity contribution in [3.8, 4) is 17.2 Å². The molecule has 1 fully saturated rings. The van der Waals surface area contributed by atoms with E-state index < -0.39 is 37.3 Å². The van der Waals surface area contributed by atoms with Crippen LogP contribution in [0.3, 0.4) is 0 Å². The molecule has 1 aromatic heterocycles. The van der Waals surface area contributed by atoms with Gasteiger partial charge < -0.3 is 44.5 Å². The van der Waals surface area contributed by atoms with Gasteiger partial charge in [0.1, 0.15) is 18.3 Å². The number of aryl methyl sites for hydroxylation is 2. The summed E-state index contributed by atoms with van der Waals surface area (Å²) in [5.74, 6) is 1.86. The first-order chi connectivity index (χ1) is 16.0. The number of aromatic amines is 1. The molecule has 2 aliphatic rings. The summed E-state index contributed by atoms with van der Waals surface area (Å²) in [7, 11) is 0. The maximum absolute atomic E-state index is 10.3. The Balaban J connectivity index is 1.31. The second-order valence-electron chi connectivity index (χ2n) is 8.05. The molecule has 0 saturated carbocycles. The standard InChI is InChI=1S/C23H25NO9/c25-10-18-20(26)21(27)22(23(28)31-18)33-32-16-3-1-2-14-19(16)13(9-24-14)6-4-12-5-7-15-17(8-12)30-11-29-15/h1-3,5,7-9,18,20-28H,4,6,10-11H2/t18-,20-,21+,22-,23-/m1/s1. The molecule has 3 heterocycles. The quantitative estimate of drug-likeness (QED) is 0.256. The number of rotatable bonds is 7. The van der Waals surface area contributed by atoms with Crippen molar-refractivity contribution in [2.75, 3.05) is 13.4 Å². The summed E-state index contributed by atoms with van der Waals surface area (Å²) in [6.07, 6.45) is -3.67. The smallest absolute Gasteiger partial charge is 0.231 e. The first-order valence-corrected chi connectivity index (χ1v) is 10.7. The molecule has 0 spiro atoms. The zero-order valence-corrected chi connectivity index (χ0v) is 17.6. The first kappa shape index (κ1) is 22.0. The molecule has 3 aromatic rings. The van der Waals surface area contributed by atoms with Crippen molar-refractivity contribution in [3.05, 3.63) is 53.7 Å². The molecule has 1 saturated heterocycles. The summed E-state index contributed by atoms with van der Waals surface area (Å²) in [6.45, 7) is -0.326. The van der Waals surface area contributed by atoms with Crippen LogP contribution < -0.4 is 14.4 Å². The average Bonchev–Trinajstić information content (AvgIpc) is 3.46. The van der Waals surface area contributed by atoms with Gasteiger partial charge in [-0.05, 0) is 48.2 Å². The Morgan fingerprint density at radius 1 is 1.00 bits per heavy atom. The van der Waals surface area contributed by atoms with Crippen molar-refractivity contribution in [2.24, 2.45) is 0 Å². The fraction of sp³-hybridized carbons (Fsp3) is 0.391. The van der Waals surface area contributed by atoms with E-state index in [4.69, 9.17) is 24.0 Å². The SMILES string of the molecule is OC[C@H]1O[C@@H](O)[C@H](OOc2cccc3[nH]cc(CCc4ccc5c(c4)OCO5)c23)[C@@H](O)[C@@H]1O. The lowest BCUT2D eigenvalue weighted by Crippen LogP contribution is -2.59. The summed E-state index contributed by atoms with van der Waals surface area (Å²) >= 11 is 0. The van der Waals surface area contributed by atoms with Crippen molar-refractivity contribution in [3.63, 3.8) is 0 Å². The van der Waals surface area contributed by atoms with Crippen LogP contribution >= 0.6 is 0 Å². The summed E-state index contributed by atoms with van der Waals surface area (Å²) < 4.78 is 15.9. The largest absolute Gasteiger partial charge is 0.454 e. The van der Waals surface area contributed by atoms with E-state index in [9.17, 15) is 20.4 Å². The first-order valence-electron chi connectivity index (χ1n) is 10.7. The Hall–Kier alpha value is -2.86. The van der Waals surface area contributed by atoms with Gasteiger partial charge in [-0.15, -0.1) is 0 Å². The topological polar surface area (TPSA) is 143 Å². The molecule has 5 N–H and O–H groups in total. The number of ether oxygens (including phenoxy) is 3. The normalized spacial score (nSPS) is 26.6. The van der Waals surface area contributed by atoms with Gasteiger partial charge in [0.2, 0.25) is 6.79 Å². The van der Waals surface area contributed by atoms with E-state index in [0.717, 1.165) is 39.9 Å². The molecule has 10 heteroatoms. The number of aromatic nitrogens is 1. The van der Waals surface area contributed by atoms with E-state index in [1.807, 2.05) is 30.5 Å². The highest BCUT2D eigenvalue weighted by Gasteiger charge is 2.45. The number of benzene rings is 2. The predicted octanol–water partition coefficient (Wildman–Crippen LogP) is 0.792. The van der Waals surface area contributed by atoms with Crippen molar-refractivity contribution in [2.45, 2.75) is 43.5 Å². The molecule has 0 bridgehead atoms. The highest BCUT2D eigenvalue weighted by molar-refractivity contribution is 5.89. The maximum atomic E-state index is 10.3. The number of aliphatic hydroxyl groups excluding tert-OH is 4. The Morgan fingerprint density at radius 3 is 2.70 bits per heavy atom. The Bertz CT molecular complexity index is 1120. The van der Waals surface area contributed by atoms with Gasteiger partial charge in [-0.2, -0.15) is 4.89 Å². The summed E-state index contributed by atoms with van der Waals surface area (Å²) in [5, 5.41) is 40.4. The third-order valence-electron chi connectivity index (χ3n) is 5.96.